The molecule has 2 N–H and O–H groups in total. The Bertz CT molecular complexity index is 224. The van der Waals surface area contributed by atoms with Crippen molar-refractivity contribution in [2.45, 2.75) is 0 Å². The smallest absolute Gasteiger partial charge is 0.244 e. The Labute approximate surface area is 84.2 Å². The Hall–Kier alpha value is -1.36. The van der Waals surface area contributed by atoms with Gasteiger partial charge in [0.15, 0.2) is 0 Å². The normalized spacial score (nSPS) is 10.6. The lowest BCUT2D eigenvalue weighted by molar-refractivity contribution is -0.118. The van der Waals surface area contributed by atoms with E-state index in [1.54, 1.807) is 0 Å². The third-order valence-corrected chi connectivity index (χ3v) is 1.49. The molecule has 2 amide bonds. The predicted molar refractivity (Wildman–Crippen MR) is 54.8 cm³/mol. The second-order valence-corrected chi connectivity index (χ2v) is 3.04. The molecule has 0 aromatic heterocycles. The summed E-state index contributed by atoms with van der Waals surface area (Å²) in [5, 5.41) is 5.03. The molecule has 0 aliphatic rings. The van der Waals surface area contributed by atoms with E-state index in [1.165, 1.54) is 19.2 Å². The van der Waals surface area contributed by atoms with Crippen LogP contribution in [0.25, 0.3) is 0 Å². The Morgan fingerprint density at radius 1 is 1.21 bits per heavy atom. The van der Waals surface area contributed by atoms with Gasteiger partial charge >= 0.3 is 0 Å². The van der Waals surface area contributed by atoms with Crippen LogP contribution in [0.15, 0.2) is 12.2 Å². The molecule has 80 valence electrons. The summed E-state index contributed by atoms with van der Waals surface area (Å²) in [5.41, 5.74) is 0. The number of hydrogen-bond donors (Lipinski definition) is 2. The van der Waals surface area contributed by atoms with Gasteiger partial charge in [-0.05, 0) is 14.1 Å². The molecule has 0 bridgehead atoms. The fourth-order valence-corrected chi connectivity index (χ4v) is 0.696. The highest BCUT2D eigenvalue weighted by atomic mass is 16.2. The number of nitrogens with one attached hydrogen (secondary N) is 2. The van der Waals surface area contributed by atoms with E-state index in [9.17, 15) is 9.59 Å². The zero-order chi connectivity index (χ0) is 11.0. The Balaban J connectivity index is 3.65. The third-order valence-electron chi connectivity index (χ3n) is 1.49. The molecule has 0 rings (SSSR count). The molecule has 0 unspecified atom stereocenters. The first-order valence-corrected chi connectivity index (χ1v) is 4.38. The molecule has 0 aliphatic heterocycles. The van der Waals surface area contributed by atoms with Crippen molar-refractivity contribution in [2.75, 3.05) is 34.2 Å². The predicted octanol–water partition coefficient (Wildman–Crippen LogP) is -1.03. The molecule has 0 atom stereocenters. The van der Waals surface area contributed by atoms with Crippen LogP contribution >= 0.6 is 0 Å². The van der Waals surface area contributed by atoms with E-state index < -0.39 is 0 Å². The SMILES string of the molecule is CNC(=O)C=CC(=O)NCCN(C)C. The summed E-state index contributed by atoms with van der Waals surface area (Å²) < 4.78 is 0. The molecular formula is C9H17N3O2. The third kappa shape index (κ3) is 7.30. The number of carbonyl (C=O) groups is 2. The molecule has 0 fully saturated rings. The molecule has 0 aliphatic carbocycles. The zero-order valence-electron chi connectivity index (χ0n) is 8.83. The molecule has 0 radical (unpaired) electrons. The number of rotatable bonds is 5. The molecule has 0 spiro atoms. The maximum absolute atomic E-state index is 11.0. The van der Waals surface area contributed by atoms with Crippen molar-refractivity contribution in [3.63, 3.8) is 0 Å². The van der Waals surface area contributed by atoms with Crippen molar-refractivity contribution in [2.24, 2.45) is 0 Å². The minimum Gasteiger partial charge on any atom is -0.356 e. The van der Waals surface area contributed by atoms with Gasteiger partial charge in [0.25, 0.3) is 0 Å². The van der Waals surface area contributed by atoms with E-state index in [4.69, 9.17) is 0 Å². The topological polar surface area (TPSA) is 61.4 Å². The van der Waals surface area contributed by atoms with Crippen molar-refractivity contribution in [3.05, 3.63) is 12.2 Å². The molecule has 0 saturated carbocycles. The van der Waals surface area contributed by atoms with Crippen molar-refractivity contribution in [1.82, 2.24) is 15.5 Å². The summed E-state index contributed by atoms with van der Waals surface area (Å²) in [5.74, 6) is -0.539. The van der Waals surface area contributed by atoms with E-state index in [0.717, 1.165) is 6.54 Å². The van der Waals surface area contributed by atoms with Crippen LogP contribution in [0.5, 0.6) is 0 Å². The largest absolute Gasteiger partial charge is 0.356 e. The first-order chi connectivity index (χ1) is 6.56. The molecule has 5 heteroatoms. The molecule has 0 aromatic carbocycles. The Morgan fingerprint density at radius 3 is 2.29 bits per heavy atom. The zero-order valence-corrected chi connectivity index (χ0v) is 8.83. The quantitative estimate of drug-likeness (QED) is 0.556. The van der Waals surface area contributed by atoms with E-state index in [2.05, 4.69) is 10.6 Å². The summed E-state index contributed by atoms with van der Waals surface area (Å²) in [6.07, 6.45) is 2.42. The average Bonchev–Trinajstić information content (AvgIpc) is 2.13. The van der Waals surface area contributed by atoms with Gasteiger partial charge in [-0.15, -0.1) is 0 Å². The Morgan fingerprint density at radius 2 is 1.79 bits per heavy atom. The lowest BCUT2D eigenvalue weighted by Crippen LogP contribution is -2.30. The van der Waals surface area contributed by atoms with Gasteiger partial charge in [-0.3, -0.25) is 9.59 Å². The van der Waals surface area contributed by atoms with Crippen LogP contribution in [-0.4, -0.2) is 50.9 Å². The monoisotopic (exact) mass is 199 g/mol. The maximum Gasteiger partial charge on any atom is 0.244 e. The highest BCUT2D eigenvalue weighted by Gasteiger charge is 1.96. The minimum atomic E-state index is -0.284. The average molecular weight is 199 g/mol. The minimum absolute atomic E-state index is 0.254. The lowest BCUT2D eigenvalue weighted by Gasteiger charge is -2.08. The Kier molecular flexibility index (Phi) is 6.39. The van der Waals surface area contributed by atoms with Crippen molar-refractivity contribution in [3.8, 4) is 0 Å². The first kappa shape index (κ1) is 12.6. The molecule has 0 heterocycles. The number of amides is 2. The highest BCUT2D eigenvalue weighted by molar-refractivity contribution is 5.96. The molecular weight excluding hydrogens is 182 g/mol. The fraction of sp³-hybridized carbons (Fsp3) is 0.556. The highest BCUT2D eigenvalue weighted by Crippen LogP contribution is 1.76. The summed E-state index contributed by atoms with van der Waals surface area (Å²) >= 11 is 0. The molecule has 0 saturated heterocycles. The van der Waals surface area contributed by atoms with E-state index in [0.29, 0.717) is 6.54 Å². The number of likely N-dealkylation sites (N-methyl/N-ethyl adjacent to an activating group) is 2. The van der Waals surface area contributed by atoms with E-state index >= 15 is 0 Å². The van der Waals surface area contributed by atoms with Gasteiger partial charge in [0, 0.05) is 32.3 Å². The van der Waals surface area contributed by atoms with Crippen LogP contribution in [0.3, 0.4) is 0 Å². The summed E-state index contributed by atoms with van der Waals surface area (Å²) in [4.78, 5) is 23.7. The standard InChI is InChI=1S/C9H17N3O2/c1-10-8(13)4-5-9(14)11-6-7-12(2)3/h4-5H,6-7H2,1-3H3,(H,10,13)(H,11,14). The van der Waals surface area contributed by atoms with E-state index in [-0.39, 0.29) is 11.8 Å². The van der Waals surface area contributed by atoms with Gasteiger partial charge in [-0.1, -0.05) is 0 Å². The van der Waals surface area contributed by atoms with Crippen LogP contribution in [0.2, 0.25) is 0 Å². The summed E-state index contributed by atoms with van der Waals surface area (Å²) in [7, 11) is 5.36. The van der Waals surface area contributed by atoms with Crippen LogP contribution in [0.4, 0.5) is 0 Å². The second-order valence-electron chi connectivity index (χ2n) is 3.04. The van der Waals surface area contributed by atoms with Gasteiger partial charge in [-0.2, -0.15) is 0 Å². The number of nitrogens with zero attached hydrogens (tertiary/aromatic N) is 1. The lowest BCUT2D eigenvalue weighted by atomic mass is 10.4. The van der Waals surface area contributed by atoms with Gasteiger partial charge in [0.1, 0.15) is 0 Å². The second kappa shape index (κ2) is 7.08. The van der Waals surface area contributed by atoms with E-state index in [1.807, 2.05) is 19.0 Å². The number of hydrogen-bond acceptors (Lipinski definition) is 3. The molecule has 14 heavy (non-hydrogen) atoms. The molecule has 0 aromatic rings. The fourth-order valence-electron chi connectivity index (χ4n) is 0.696. The first-order valence-electron chi connectivity index (χ1n) is 4.38. The number of carbonyl (C=O) groups excluding carboxylic acids is 2. The van der Waals surface area contributed by atoms with Gasteiger partial charge < -0.3 is 15.5 Å². The summed E-state index contributed by atoms with van der Waals surface area (Å²) in [6.45, 7) is 1.35. The van der Waals surface area contributed by atoms with Crippen molar-refractivity contribution in [1.29, 1.82) is 0 Å². The van der Waals surface area contributed by atoms with Gasteiger partial charge in [-0.25, -0.2) is 0 Å². The molecule has 5 nitrogen and oxygen atoms in total. The van der Waals surface area contributed by atoms with Crippen molar-refractivity contribution >= 4 is 11.8 Å². The van der Waals surface area contributed by atoms with Gasteiger partial charge in [0.05, 0.1) is 0 Å². The van der Waals surface area contributed by atoms with Crippen LogP contribution < -0.4 is 10.6 Å². The van der Waals surface area contributed by atoms with Crippen LogP contribution in [0, 0.1) is 0 Å². The maximum atomic E-state index is 11.0. The van der Waals surface area contributed by atoms with Gasteiger partial charge in [0.2, 0.25) is 11.8 Å². The van der Waals surface area contributed by atoms with Crippen LogP contribution in [0.1, 0.15) is 0 Å². The van der Waals surface area contributed by atoms with Crippen molar-refractivity contribution < 1.29 is 9.59 Å². The summed E-state index contributed by atoms with van der Waals surface area (Å²) in [6, 6.07) is 0. The van der Waals surface area contributed by atoms with Crippen LogP contribution in [-0.2, 0) is 9.59 Å².